The maximum atomic E-state index is 13.6. The van der Waals surface area contributed by atoms with Crippen molar-refractivity contribution < 1.29 is 13.5 Å². The van der Waals surface area contributed by atoms with Crippen LogP contribution in [0.15, 0.2) is 54.9 Å². The Balaban J connectivity index is 0.00000160. The van der Waals surface area contributed by atoms with Gasteiger partial charge in [-0.15, -0.1) is 24.8 Å². The zero-order valence-corrected chi connectivity index (χ0v) is 18.0. The van der Waals surface area contributed by atoms with E-state index in [9.17, 15) is 8.78 Å². The Bertz CT molecular complexity index is 968. The molecule has 1 aliphatic heterocycles. The second-order valence-corrected chi connectivity index (χ2v) is 7.09. The molecule has 1 aliphatic rings. The van der Waals surface area contributed by atoms with Crippen LogP contribution in [0.5, 0.6) is 5.75 Å². The molecule has 2 atom stereocenters. The molecule has 0 amide bonds. The highest BCUT2D eigenvalue weighted by Crippen LogP contribution is 2.30. The molecular formula is C21H24Cl2F2N4O. The van der Waals surface area contributed by atoms with Crippen LogP contribution in [0.25, 0.3) is 0 Å². The van der Waals surface area contributed by atoms with Gasteiger partial charge in [0.25, 0.3) is 0 Å². The summed E-state index contributed by atoms with van der Waals surface area (Å²) in [5.74, 6) is -0.915. The molecule has 0 unspecified atom stereocenters. The van der Waals surface area contributed by atoms with Gasteiger partial charge < -0.3 is 15.4 Å². The van der Waals surface area contributed by atoms with Gasteiger partial charge in [0, 0.05) is 31.2 Å². The first-order valence-electron chi connectivity index (χ1n) is 9.14. The number of hydrogen-bond acceptors (Lipinski definition) is 4. The van der Waals surface area contributed by atoms with E-state index in [1.54, 1.807) is 13.2 Å². The van der Waals surface area contributed by atoms with Crippen LogP contribution < -0.4 is 15.4 Å². The van der Waals surface area contributed by atoms with E-state index in [2.05, 4.69) is 10.00 Å². The number of rotatable bonds is 5. The van der Waals surface area contributed by atoms with Crippen molar-refractivity contribution in [3.05, 3.63) is 77.6 Å². The summed E-state index contributed by atoms with van der Waals surface area (Å²) in [7, 11) is 1.64. The fourth-order valence-electron chi connectivity index (χ4n) is 3.66. The average Bonchev–Trinajstić information content (AvgIpc) is 3.31. The van der Waals surface area contributed by atoms with Crippen LogP contribution in [0.2, 0.25) is 0 Å². The van der Waals surface area contributed by atoms with Gasteiger partial charge in [-0.05, 0) is 35.4 Å². The number of ether oxygens (including phenoxy) is 1. The summed E-state index contributed by atoms with van der Waals surface area (Å²) in [6, 6.07) is 11.7. The van der Waals surface area contributed by atoms with Crippen molar-refractivity contribution in [2.75, 3.05) is 25.1 Å². The Morgan fingerprint density at radius 3 is 2.47 bits per heavy atom. The van der Waals surface area contributed by atoms with Gasteiger partial charge in [0.2, 0.25) is 0 Å². The standard InChI is InChI=1S/C21H22F2N4O.2ClH/c1-28-17-5-2-14(3-6-17)10-27-11-16(9-25-27)26-12-18(21(24)13-26)15-4-7-19(22)20(23)8-15;;/h2-9,11,18,21H,10,12-13,24H2,1H3;2*1H/t18-,21+;;/m0../s1. The van der Waals surface area contributed by atoms with Crippen LogP contribution in [0.3, 0.4) is 0 Å². The maximum Gasteiger partial charge on any atom is 0.159 e. The lowest BCUT2D eigenvalue weighted by atomic mass is 9.95. The number of nitrogens with zero attached hydrogens (tertiary/aromatic N) is 3. The molecule has 4 rings (SSSR count). The highest BCUT2D eigenvalue weighted by atomic mass is 35.5. The minimum Gasteiger partial charge on any atom is -0.497 e. The minimum absolute atomic E-state index is 0. The van der Waals surface area contributed by atoms with Gasteiger partial charge in [-0.25, -0.2) is 8.78 Å². The van der Waals surface area contributed by atoms with Crippen molar-refractivity contribution >= 4 is 30.5 Å². The number of aromatic nitrogens is 2. The lowest BCUT2D eigenvalue weighted by Gasteiger charge is -2.16. The van der Waals surface area contributed by atoms with E-state index < -0.39 is 11.6 Å². The number of halogens is 4. The van der Waals surface area contributed by atoms with Crippen LogP contribution in [-0.4, -0.2) is 36.0 Å². The van der Waals surface area contributed by atoms with Gasteiger partial charge in [-0.3, -0.25) is 4.68 Å². The normalized spacial score (nSPS) is 17.9. The Morgan fingerprint density at radius 2 is 1.80 bits per heavy atom. The topological polar surface area (TPSA) is 56.3 Å². The molecule has 1 saturated heterocycles. The van der Waals surface area contributed by atoms with E-state index in [1.165, 1.54) is 6.07 Å². The van der Waals surface area contributed by atoms with Crippen molar-refractivity contribution in [2.24, 2.45) is 5.73 Å². The number of methoxy groups -OCH3 is 1. The molecule has 9 heteroatoms. The summed E-state index contributed by atoms with van der Waals surface area (Å²) in [6.45, 7) is 1.93. The summed E-state index contributed by atoms with van der Waals surface area (Å²) in [5, 5.41) is 4.44. The van der Waals surface area contributed by atoms with Gasteiger partial charge >= 0.3 is 0 Å². The molecule has 1 aromatic heterocycles. The predicted octanol–water partition coefficient (Wildman–Crippen LogP) is 3.99. The lowest BCUT2D eigenvalue weighted by molar-refractivity contribution is 0.414. The van der Waals surface area contributed by atoms with Crippen LogP contribution >= 0.6 is 24.8 Å². The Hall–Kier alpha value is -2.35. The molecule has 30 heavy (non-hydrogen) atoms. The van der Waals surface area contributed by atoms with Gasteiger partial charge in [0.15, 0.2) is 11.6 Å². The van der Waals surface area contributed by atoms with Crippen molar-refractivity contribution in [1.82, 2.24) is 9.78 Å². The smallest absolute Gasteiger partial charge is 0.159 e. The summed E-state index contributed by atoms with van der Waals surface area (Å²) in [4.78, 5) is 2.13. The Kier molecular flexibility index (Phi) is 8.06. The zero-order chi connectivity index (χ0) is 19.7. The third-order valence-corrected chi connectivity index (χ3v) is 5.23. The molecule has 2 N–H and O–H groups in total. The van der Waals surface area contributed by atoms with Gasteiger partial charge in [0.1, 0.15) is 5.75 Å². The summed E-state index contributed by atoms with van der Waals surface area (Å²) >= 11 is 0. The third kappa shape index (κ3) is 5.03. The monoisotopic (exact) mass is 456 g/mol. The van der Waals surface area contributed by atoms with E-state index >= 15 is 0 Å². The maximum absolute atomic E-state index is 13.6. The van der Waals surface area contributed by atoms with E-state index in [1.807, 2.05) is 41.3 Å². The average molecular weight is 457 g/mol. The minimum atomic E-state index is -0.841. The van der Waals surface area contributed by atoms with E-state index in [-0.39, 0.29) is 36.8 Å². The molecule has 1 fully saturated rings. The molecule has 2 aromatic carbocycles. The van der Waals surface area contributed by atoms with Crippen LogP contribution in [-0.2, 0) is 6.54 Å². The van der Waals surface area contributed by atoms with Crippen molar-refractivity contribution in [3.8, 4) is 5.75 Å². The molecule has 0 spiro atoms. The van der Waals surface area contributed by atoms with Gasteiger partial charge in [0.05, 0.1) is 25.5 Å². The van der Waals surface area contributed by atoms with Crippen LogP contribution in [0.4, 0.5) is 14.5 Å². The molecule has 5 nitrogen and oxygen atoms in total. The highest BCUT2D eigenvalue weighted by molar-refractivity contribution is 5.85. The van der Waals surface area contributed by atoms with E-state index in [4.69, 9.17) is 10.5 Å². The molecule has 0 radical (unpaired) electrons. The van der Waals surface area contributed by atoms with Crippen molar-refractivity contribution in [1.29, 1.82) is 0 Å². The first-order chi connectivity index (χ1) is 13.5. The molecule has 162 valence electrons. The van der Waals surface area contributed by atoms with Crippen molar-refractivity contribution in [3.63, 3.8) is 0 Å². The SMILES string of the molecule is COc1ccc(Cn2cc(N3C[C@@H](N)[C@H](c4ccc(F)c(F)c4)C3)cn2)cc1.Cl.Cl. The fourth-order valence-corrected chi connectivity index (χ4v) is 3.66. The zero-order valence-electron chi connectivity index (χ0n) is 16.4. The second kappa shape index (κ2) is 10.1. The summed E-state index contributed by atoms with van der Waals surface area (Å²) < 4.78 is 33.8. The van der Waals surface area contributed by atoms with Crippen molar-refractivity contribution in [2.45, 2.75) is 18.5 Å². The molecule has 3 aromatic rings. The van der Waals surface area contributed by atoms with Crippen LogP contribution in [0, 0.1) is 11.6 Å². The fraction of sp³-hybridized carbons (Fsp3) is 0.286. The van der Waals surface area contributed by atoms with Gasteiger partial charge in [-0.2, -0.15) is 5.10 Å². The Labute approximate surface area is 186 Å². The highest BCUT2D eigenvalue weighted by Gasteiger charge is 2.32. The summed E-state index contributed by atoms with van der Waals surface area (Å²) in [6.07, 6.45) is 3.79. The quantitative estimate of drug-likeness (QED) is 0.630. The first kappa shape index (κ1) is 23.9. The molecule has 0 aliphatic carbocycles. The van der Waals surface area contributed by atoms with E-state index in [0.29, 0.717) is 19.6 Å². The van der Waals surface area contributed by atoms with E-state index in [0.717, 1.165) is 28.6 Å². The first-order valence-corrected chi connectivity index (χ1v) is 9.14. The number of nitrogens with two attached hydrogens (primary N) is 1. The molecular weight excluding hydrogens is 433 g/mol. The third-order valence-electron chi connectivity index (χ3n) is 5.23. The molecule has 0 saturated carbocycles. The number of anilines is 1. The van der Waals surface area contributed by atoms with Gasteiger partial charge in [-0.1, -0.05) is 18.2 Å². The lowest BCUT2D eigenvalue weighted by Crippen LogP contribution is -2.28. The molecule has 2 heterocycles. The Morgan fingerprint density at radius 1 is 1.07 bits per heavy atom. The predicted molar refractivity (Wildman–Crippen MR) is 118 cm³/mol. The largest absolute Gasteiger partial charge is 0.497 e. The second-order valence-electron chi connectivity index (χ2n) is 7.09. The number of benzene rings is 2. The number of hydrogen-bond donors (Lipinski definition) is 1. The summed E-state index contributed by atoms with van der Waals surface area (Å²) in [5.41, 5.74) is 9.09. The molecule has 0 bridgehead atoms. The van der Waals surface area contributed by atoms with Crippen LogP contribution in [0.1, 0.15) is 17.0 Å².